The first kappa shape index (κ1) is 31.3. The number of amides is 1. The number of nitrogens with two attached hydrogens (primary N) is 2. The van der Waals surface area contributed by atoms with Crippen molar-refractivity contribution in [1.29, 1.82) is 0 Å². The fourth-order valence-electron chi connectivity index (χ4n) is 2.77. The Morgan fingerprint density at radius 1 is 1.06 bits per heavy atom. The van der Waals surface area contributed by atoms with Crippen molar-refractivity contribution < 1.29 is 37.4 Å². The van der Waals surface area contributed by atoms with E-state index in [4.69, 9.17) is 26.1 Å². The van der Waals surface area contributed by atoms with E-state index in [2.05, 4.69) is 33.0 Å². The Hall–Kier alpha value is -2.66. The van der Waals surface area contributed by atoms with E-state index in [0.29, 0.717) is 12.3 Å². The standard InChI is InChI=1S/C21H35N3O3.C2HF3O2/c1-13(2)15-8-7-9-16(14(3)4)19(15)27-18(25)10-21(5,6)12-24-20(26)17(23)11-22;3-2(4,5)1(6)7/h7-9,13-14,17H,10-12,22-23H2,1-6H3,(H,24,26);(H,6,7)/t17-;/m0./s1. The molecule has 0 fully saturated rings. The van der Waals surface area contributed by atoms with Crippen molar-refractivity contribution in [1.82, 2.24) is 5.32 Å². The summed E-state index contributed by atoms with van der Waals surface area (Å²) in [5.74, 6) is -2.23. The van der Waals surface area contributed by atoms with E-state index in [9.17, 15) is 22.8 Å². The van der Waals surface area contributed by atoms with Gasteiger partial charge in [-0.15, -0.1) is 0 Å². The molecule has 0 aromatic heterocycles. The second-order valence-corrected chi connectivity index (χ2v) is 9.25. The van der Waals surface area contributed by atoms with Crippen molar-refractivity contribution in [3.63, 3.8) is 0 Å². The van der Waals surface area contributed by atoms with Gasteiger partial charge in [-0.2, -0.15) is 13.2 Å². The fourth-order valence-corrected chi connectivity index (χ4v) is 2.77. The Morgan fingerprint density at radius 3 is 1.85 bits per heavy atom. The van der Waals surface area contributed by atoms with Crippen molar-refractivity contribution in [2.45, 2.75) is 72.0 Å². The Labute approximate surface area is 198 Å². The van der Waals surface area contributed by atoms with Crippen LogP contribution in [0.25, 0.3) is 0 Å². The average Bonchev–Trinajstić information content (AvgIpc) is 2.70. The van der Waals surface area contributed by atoms with Crippen molar-refractivity contribution >= 4 is 17.8 Å². The molecule has 0 saturated carbocycles. The van der Waals surface area contributed by atoms with E-state index in [1.165, 1.54) is 0 Å². The van der Waals surface area contributed by atoms with Crippen LogP contribution < -0.4 is 21.5 Å². The summed E-state index contributed by atoms with van der Waals surface area (Å²) in [7, 11) is 0. The number of carbonyl (C=O) groups is 3. The number of carbonyl (C=O) groups excluding carboxylic acids is 2. The van der Waals surface area contributed by atoms with E-state index in [-0.39, 0.29) is 36.7 Å². The number of benzene rings is 1. The molecule has 1 aromatic carbocycles. The zero-order valence-electron chi connectivity index (χ0n) is 20.5. The van der Waals surface area contributed by atoms with Crippen LogP contribution in [0.3, 0.4) is 0 Å². The van der Waals surface area contributed by atoms with Gasteiger partial charge in [0.2, 0.25) is 5.91 Å². The highest BCUT2D eigenvalue weighted by Gasteiger charge is 2.38. The van der Waals surface area contributed by atoms with Crippen molar-refractivity contribution in [2.24, 2.45) is 16.9 Å². The summed E-state index contributed by atoms with van der Waals surface area (Å²) < 4.78 is 37.6. The zero-order valence-corrected chi connectivity index (χ0v) is 20.5. The Morgan fingerprint density at radius 2 is 1.50 bits per heavy atom. The van der Waals surface area contributed by atoms with Crippen LogP contribution >= 0.6 is 0 Å². The zero-order chi connectivity index (χ0) is 26.9. The summed E-state index contributed by atoms with van der Waals surface area (Å²) in [6, 6.07) is 5.26. The minimum Gasteiger partial charge on any atom is -0.475 e. The number of aliphatic carboxylic acids is 1. The highest BCUT2D eigenvalue weighted by molar-refractivity contribution is 5.82. The molecule has 0 spiro atoms. The minimum absolute atomic E-state index is 0.0816. The Balaban J connectivity index is 0.00000135. The monoisotopic (exact) mass is 491 g/mol. The molecule has 0 radical (unpaired) electrons. The maximum atomic E-state index is 12.6. The first-order valence-electron chi connectivity index (χ1n) is 10.8. The Bertz CT molecular complexity index is 813. The number of ether oxygens (including phenoxy) is 1. The summed E-state index contributed by atoms with van der Waals surface area (Å²) in [5, 5.41) is 9.88. The number of carboxylic acids is 1. The van der Waals surface area contributed by atoms with Gasteiger partial charge in [0.1, 0.15) is 5.75 Å². The highest BCUT2D eigenvalue weighted by Crippen LogP contribution is 2.35. The maximum Gasteiger partial charge on any atom is 0.490 e. The van der Waals surface area contributed by atoms with Crippen LogP contribution in [0.2, 0.25) is 0 Å². The lowest BCUT2D eigenvalue weighted by atomic mass is 9.89. The van der Waals surface area contributed by atoms with Crippen LogP contribution in [0, 0.1) is 5.41 Å². The molecular weight excluding hydrogens is 455 g/mol. The summed E-state index contributed by atoms with van der Waals surface area (Å²) >= 11 is 0. The number of rotatable bonds is 9. The molecule has 0 bridgehead atoms. The van der Waals surface area contributed by atoms with E-state index in [1.54, 1.807) is 0 Å². The smallest absolute Gasteiger partial charge is 0.475 e. The largest absolute Gasteiger partial charge is 0.490 e. The third-order valence-electron chi connectivity index (χ3n) is 4.73. The molecule has 0 aliphatic heterocycles. The van der Waals surface area contributed by atoms with E-state index < -0.39 is 23.6 Å². The maximum absolute atomic E-state index is 12.6. The van der Waals surface area contributed by atoms with Gasteiger partial charge in [-0.25, -0.2) is 4.79 Å². The van der Waals surface area contributed by atoms with Crippen molar-refractivity contribution in [3.05, 3.63) is 29.3 Å². The molecule has 34 heavy (non-hydrogen) atoms. The molecule has 1 amide bonds. The van der Waals surface area contributed by atoms with Gasteiger partial charge >= 0.3 is 18.1 Å². The van der Waals surface area contributed by atoms with Crippen LogP contribution in [0.1, 0.15) is 70.9 Å². The number of para-hydroxylation sites is 1. The first-order chi connectivity index (χ1) is 15.4. The molecule has 11 heteroatoms. The van der Waals surface area contributed by atoms with Crippen LogP contribution in [0.4, 0.5) is 13.2 Å². The van der Waals surface area contributed by atoms with Crippen LogP contribution in [-0.2, 0) is 14.4 Å². The minimum atomic E-state index is -5.08. The van der Waals surface area contributed by atoms with Crippen molar-refractivity contribution in [3.8, 4) is 5.75 Å². The number of hydrogen-bond donors (Lipinski definition) is 4. The van der Waals surface area contributed by atoms with E-state index >= 15 is 0 Å². The lowest BCUT2D eigenvalue weighted by molar-refractivity contribution is -0.192. The van der Waals surface area contributed by atoms with Gasteiger partial charge in [-0.3, -0.25) is 9.59 Å². The molecule has 6 N–H and O–H groups in total. The summed E-state index contributed by atoms with van der Waals surface area (Å²) in [5.41, 5.74) is 12.6. The van der Waals surface area contributed by atoms with Crippen LogP contribution in [0.15, 0.2) is 18.2 Å². The predicted octanol–water partition coefficient (Wildman–Crippen LogP) is 3.29. The first-order valence-corrected chi connectivity index (χ1v) is 10.8. The summed E-state index contributed by atoms with van der Waals surface area (Å²) in [4.78, 5) is 33.3. The SMILES string of the molecule is CC(C)c1cccc(C(C)C)c1OC(=O)CC(C)(C)CNC(=O)[C@@H](N)CN.O=C(O)C(F)(F)F. The van der Waals surface area contributed by atoms with Crippen molar-refractivity contribution in [2.75, 3.05) is 13.1 Å². The normalized spacial score (nSPS) is 12.6. The summed E-state index contributed by atoms with van der Waals surface area (Å²) in [6.45, 7) is 12.5. The molecule has 0 saturated heterocycles. The summed E-state index contributed by atoms with van der Waals surface area (Å²) in [6.07, 6.45) is -4.91. The molecule has 0 aliphatic carbocycles. The molecule has 8 nitrogen and oxygen atoms in total. The van der Waals surface area contributed by atoms with Gasteiger partial charge in [0.05, 0.1) is 12.5 Å². The number of nitrogens with one attached hydrogen (secondary N) is 1. The van der Waals surface area contributed by atoms with Gasteiger partial charge in [0, 0.05) is 13.1 Å². The van der Waals surface area contributed by atoms with Crippen LogP contribution in [0.5, 0.6) is 5.75 Å². The number of hydrogen-bond acceptors (Lipinski definition) is 6. The third kappa shape index (κ3) is 11.0. The molecule has 1 aromatic rings. The lowest BCUT2D eigenvalue weighted by Crippen LogP contribution is -2.48. The van der Waals surface area contributed by atoms with Gasteiger partial charge in [-0.05, 0) is 28.4 Å². The second-order valence-electron chi connectivity index (χ2n) is 9.25. The number of alkyl halides is 3. The molecular formula is C23H36F3N3O5. The molecule has 0 unspecified atom stereocenters. The topological polar surface area (TPSA) is 145 Å². The van der Waals surface area contributed by atoms with E-state index in [1.807, 2.05) is 32.0 Å². The van der Waals surface area contributed by atoms with E-state index in [0.717, 1.165) is 11.1 Å². The lowest BCUT2D eigenvalue weighted by Gasteiger charge is -2.25. The van der Waals surface area contributed by atoms with Gasteiger partial charge in [0.25, 0.3) is 0 Å². The fraction of sp³-hybridized carbons (Fsp3) is 0.609. The Kier molecular flexibility index (Phi) is 12.2. The predicted molar refractivity (Wildman–Crippen MR) is 122 cm³/mol. The third-order valence-corrected chi connectivity index (χ3v) is 4.73. The number of esters is 1. The number of carboxylic acid groups (broad SMARTS) is 1. The quantitative estimate of drug-likeness (QED) is 0.306. The molecule has 194 valence electrons. The average molecular weight is 492 g/mol. The molecule has 0 aliphatic rings. The van der Waals surface area contributed by atoms with Crippen LogP contribution in [-0.4, -0.2) is 48.3 Å². The van der Waals surface area contributed by atoms with Gasteiger partial charge < -0.3 is 26.6 Å². The van der Waals surface area contributed by atoms with Gasteiger partial charge in [-0.1, -0.05) is 59.7 Å². The molecule has 1 atom stereocenters. The highest BCUT2D eigenvalue weighted by atomic mass is 19.4. The molecule has 0 heterocycles. The molecule has 1 rings (SSSR count). The second kappa shape index (κ2) is 13.3. The van der Waals surface area contributed by atoms with Gasteiger partial charge in [0.15, 0.2) is 0 Å². The number of halogens is 3.